The number of anilines is 1. The van der Waals surface area contributed by atoms with Crippen LogP contribution in [0.1, 0.15) is 15.9 Å². The van der Waals surface area contributed by atoms with Crippen LogP contribution in [0.4, 0.5) is 5.69 Å². The Hall–Kier alpha value is -2.07. The van der Waals surface area contributed by atoms with Crippen molar-refractivity contribution in [1.29, 1.82) is 0 Å². The van der Waals surface area contributed by atoms with E-state index >= 15 is 0 Å². The lowest BCUT2D eigenvalue weighted by Crippen LogP contribution is -2.26. The van der Waals surface area contributed by atoms with E-state index in [-0.39, 0.29) is 5.91 Å². The molecule has 4 nitrogen and oxygen atoms in total. The number of halogens is 1. The highest BCUT2D eigenvalue weighted by Crippen LogP contribution is 2.20. The van der Waals surface area contributed by atoms with Gasteiger partial charge in [0.05, 0.1) is 5.56 Å². The van der Waals surface area contributed by atoms with Crippen molar-refractivity contribution >= 4 is 23.2 Å². The van der Waals surface area contributed by atoms with Crippen LogP contribution in [0.25, 0.3) is 0 Å². The van der Waals surface area contributed by atoms with Gasteiger partial charge in [0.2, 0.25) is 0 Å². The average molecular weight is 290 g/mol. The smallest absolute Gasteiger partial charge is 0.253 e. The fraction of sp³-hybridized carbons (Fsp3) is 0.200. The lowest BCUT2D eigenvalue weighted by atomic mass is 10.1. The van der Waals surface area contributed by atoms with Gasteiger partial charge in [-0.25, -0.2) is 0 Å². The molecule has 0 aliphatic carbocycles. The number of benzene rings is 1. The number of carbonyl (C=O) groups excluding carboxylic acids is 1. The van der Waals surface area contributed by atoms with E-state index in [0.29, 0.717) is 17.1 Å². The Morgan fingerprint density at radius 1 is 1.25 bits per heavy atom. The Balaban J connectivity index is 1.97. The summed E-state index contributed by atoms with van der Waals surface area (Å²) in [7, 11) is 1.77. The van der Waals surface area contributed by atoms with Gasteiger partial charge >= 0.3 is 0 Å². The van der Waals surface area contributed by atoms with Crippen LogP contribution < -0.4 is 10.6 Å². The summed E-state index contributed by atoms with van der Waals surface area (Å²) in [6.45, 7) is 0.568. The van der Waals surface area contributed by atoms with Crippen LogP contribution in [-0.4, -0.2) is 24.5 Å². The summed E-state index contributed by atoms with van der Waals surface area (Å²) in [4.78, 5) is 16.1. The van der Waals surface area contributed by atoms with E-state index in [0.717, 1.165) is 17.7 Å². The van der Waals surface area contributed by atoms with Crippen molar-refractivity contribution in [3.8, 4) is 0 Å². The van der Waals surface area contributed by atoms with Gasteiger partial charge in [0, 0.05) is 36.7 Å². The minimum atomic E-state index is -0.133. The molecule has 1 amide bonds. The van der Waals surface area contributed by atoms with Gasteiger partial charge in [0.15, 0.2) is 0 Å². The predicted octanol–water partition coefficient (Wildman–Crippen LogP) is 2.75. The number of aromatic nitrogens is 1. The minimum Gasteiger partial charge on any atom is -0.387 e. The molecule has 0 radical (unpaired) electrons. The Morgan fingerprint density at radius 2 is 2.00 bits per heavy atom. The first-order valence-electron chi connectivity index (χ1n) is 6.35. The lowest BCUT2D eigenvalue weighted by Gasteiger charge is -2.10. The summed E-state index contributed by atoms with van der Waals surface area (Å²) < 4.78 is 0. The molecule has 0 saturated carbocycles. The summed E-state index contributed by atoms with van der Waals surface area (Å²) >= 11 is 5.93. The maximum atomic E-state index is 12.1. The third-order valence-electron chi connectivity index (χ3n) is 2.94. The highest BCUT2D eigenvalue weighted by Gasteiger charge is 2.10. The van der Waals surface area contributed by atoms with Crippen LogP contribution in [-0.2, 0) is 6.42 Å². The highest BCUT2D eigenvalue weighted by molar-refractivity contribution is 6.31. The molecule has 5 heteroatoms. The molecule has 0 bridgehead atoms. The normalized spacial score (nSPS) is 10.1. The second-order valence-corrected chi connectivity index (χ2v) is 4.74. The molecule has 0 unspecified atom stereocenters. The summed E-state index contributed by atoms with van der Waals surface area (Å²) in [5.74, 6) is -0.133. The Bertz CT molecular complexity index is 587. The summed E-state index contributed by atoms with van der Waals surface area (Å²) in [5, 5.41) is 6.42. The zero-order valence-corrected chi connectivity index (χ0v) is 11.9. The van der Waals surface area contributed by atoms with E-state index < -0.39 is 0 Å². The minimum absolute atomic E-state index is 0.133. The highest BCUT2D eigenvalue weighted by atomic mass is 35.5. The molecule has 0 saturated heterocycles. The van der Waals surface area contributed by atoms with E-state index in [1.807, 2.05) is 12.1 Å². The van der Waals surface area contributed by atoms with E-state index in [9.17, 15) is 4.79 Å². The molecule has 104 valence electrons. The van der Waals surface area contributed by atoms with Gasteiger partial charge in [-0.1, -0.05) is 11.6 Å². The second kappa shape index (κ2) is 6.91. The average Bonchev–Trinajstić information content (AvgIpc) is 2.48. The van der Waals surface area contributed by atoms with Crippen LogP contribution in [0.15, 0.2) is 42.7 Å². The molecular formula is C15H16ClN3O. The molecule has 0 atom stereocenters. The molecule has 2 rings (SSSR count). The molecule has 0 aliphatic rings. The van der Waals surface area contributed by atoms with Gasteiger partial charge in [-0.2, -0.15) is 0 Å². The van der Waals surface area contributed by atoms with Crippen molar-refractivity contribution in [2.24, 2.45) is 0 Å². The molecule has 0 fully saturated rings. The maximum Gasteiger partial charge on any atom is 0.253 e. The van der Waals surface area contributed by atoms with Gasteiger partial charge < -0.3 is 10.6 Å². The van der Waals surface area contributed by atoms with Gasteiger partial charge in [0.1, 0.15) is 0 Å². The van der Waals surface area contributed by atoms with Crippen LogP contribution in [0.3, 0.4) is 0 Å². The van der Waals surface area contributed by atoms with Crippen molar-refractivity contribution in [3.63, 3.8) is 0 Å². The number of carbonyl (C=O) groups is 1. The third kappa shape index (κ3) is 3.71. The zero-order chi connectivity index (χ0) is 14.4. The molecule has 1 aromatic heterocycles. The lowest BCUT2D eigenvalue weighted by molar-refractivity contribution is 0.0955. The van der Waals surface area contributed by atoms with Crippen LogP contribution in [0.5, 0.6) is 0 Å². The molecule has 20 heavy (non-hydrogen) atoms. The first-order valence-corrected chi connectivity index (χ1v) is 6.73. The fourth-order valence-electron chi connectivity index (χ4n) is 1.89. The Labute approximate surface area is 123 Å². The number of hydrogen-bond donors (Lipinski definition) is 2. The van der Waals surface area contributed by atoms with Crippen molar-refractivity contribution in [1.82, 2.24) is 10.3 Å². The maximum absolute atomic E-state index is 12.1. The number of nitrogens with one attached hydrogen (secondary N) is 2. The molecule has 0 spiro atoms. The standard InChI is InChI=1S/C15H16ClN3O/c1-17-14-3-2-12(16)10-13(14)15(20)19-9-6-11-4-7-18-8-5-11/h2-5,7-8,10,17H,6,9H2,1H3,(H,19,20). The van der Waals surface area contributed by atoms with Crippen LogP contribution >= 0.6 is 11.6 Å². The number of pyridine rings is 1. The van der Waals surface area contributed by atoms with Crippen molar-refractivity contribution in [2.75, 3.05) is 18.9 Å². The summed E-state index contributed by atoms with van der Waals surface area (Å²) in [5.41, 5.74) is 2.45. The van der Waals surface area contributed by atoms with E-state index in [1.165, 1.54) is 0 Å². The summed E-state index contributed by atoms with van der Waals surface area (Å²) in [6.07, 6.45) is 4.25. The number of amides is 1. The summed E-state index contributed by atoms with van der Waals surface area (Å²) in [6, 6.07) is 9.07. The molecule has 0 aliphatic heterocycles. The molecule has 2 aromatic rings. The quantitative estimate of drug-likeness (QED) is 0.890. The zero-order valence-electron chi connectivity index (χ0n) is 11.2. The third-order valence-corrected chi connectivity index (χ3v) is 3.18. The first-order chi connectivity index (χ1) is 9.70. The van der Waals surface area contributed by atoms with Crippen LogP contribution in [0.2, 0.25) is 5.02 Å². The topological polar surface area (TPSA) is 54.0 Å². The molecule has 1 aromatic carbocycles. The second-order valence-electron chi connectivity index (χ2n) is 4.30. The largest absolute Gasteiger partial charge is 0.387 e. The molecule has 2 N–H and O–H groups in total. The van der Waals surface area contributed by atoms with Gasteiger partial charge in [-0.15, -0.1) is 0 Å². The molecular weight excluding hydrogens is 274 g/mol. The van der Waals surface area contributed by atoms with E-state index in [1.54, 1.807) is 37.6 Å². The number of rotatable bonds is 5. The van der Waals surface area contributed by atoms with E-state index in [2.05, 4.69) is 15.6 Å². The van der Waals surface area contributed by atoms with Crippen LogP contribution in [0, 0.1) is 0 Å². The van der Waals surface area contributed by atoms with Crippen molar-refractivity contribution in [2.45, 2.75) is 6.42 Å². The number of hydrogen-bond acceptors (Lipinski definition) is 3. The Kier molecular flexibility index (Phi) is 4.96. The van der Waals surface area contributed by atoms with Crippen molar-refractivity contribution in [3.05, 3.63) is 58.9 Å². The first kappa shape index (κ1) is 14.3. The van der Waals surface area contributed by atoms with E-state index in [4.69, 9.17) is 11.6 Å². The van der Waals surface area contributed by atoms with Gasteiger partial charge in [0.25, 0.3) is 5.91 Å². The molecule has 1 heterocycles. The SMILES string of the molecule is CNc1ccc(Cl)cc1C(=O)NCCc1ccncc1. The fourth-order valence-corrected chi connectivity index (χ4v) is 2.06. The van der Waals surface area contributed by atoms with Crippen molar-refractivity contribution < 1.29 is 4.79 Å². The predicted molar refractivity (Wildman–Crippen MR) is 81.3 cm³/mol. The number of nitrogens with zero attached hydrogens (tertiary/aromatic N) is 1. The Morgan fingerprint density at radius 3 is 2.70 bits per heavy atom. The monoisotopic (exact) mass is 289 g/mol. The van der Waals surface area contributed by atoms with Gasteiger partial charge in [-0.3, -0.25) is 9.78 Å². The van der Waals surface area contributed by atoms with Gasteiger partial charge in [-0.05, 0) is 42.3 Å².